The van der Waals surface area contributed by atoms with E-state index in [0.717, 1.165) is 20.0 Å². The summed E-state index contributed by atoms with van der Waals surface area (Å²) in [5.74, 6) is 0.100. The standard InChI is InChI=1S/C13H12BrN3OS/c1-8-3-2-4-10(13(15)17-18)12(8)19-11-6-5-9(14)7-16-11/h2-7,18H,1H3,(H2,15,17). The van der Waals surface area contributed by atoms with Crippen LogP contribution in [0.5, 0.6) is 0 Å². The predicted octanol–water partition coefficient (Wildman–Crippen LogP) is 3.40. The highest BCUT2D eigenvalue weighted by Crippen LogP contribution is 2.32. The molecule has 3 N–H and O–H groups in total. The van der Waals surface area contributed by atoms with E-state index in [2.05, 4.69) is 26.1 Å². The Morgan fingerprint density at radius 3 is 2.79 bits per heavy atom. The van der Waals surface area contributed by atoms with Gasteiger partial charge in [-0.25, -0.2) is 4.98 Å². The molecule has 0 amide bonds. The molecule has 0 aliphatic heterocycles. The minimum atomic E-state index is 0.100. The number of rotatable bonds is 3. The van der Waals surface area contributed by atoms with Crippen molar-refractivity contribution in [1.29, 1.82) is 0 Å². The molecule has 4 nitrogen and oxygen atoms in total. The van der Waals surface area contributed by atoms with Gasteiger partial charge in [0.25, 0.3) is 0 Å². The van der Waals surface area contributed by atoms with Crippen molar-refractivity contribution >= 4 is 33.5 Å². The van der Waals surface area contributed by atoms with Crippen LogP contribution in [0.25, 0.3) is 0 Å². The molecule has 0 bridgehead atoms. The minimum Gasteiger partial charge on any atom is -0.409 e. The second-order valence-corrected chi connectivity index (χ2v) is 5.80. The van der Waals surface area contributed by atoms with Gasteiger partial charge in [0.15, 0.2) is 5.84 Å². The number of nitrogens with two attached hydrogens (primary N) is 1. The molecule has 19 heavy (non-hydrogen) atoms. The first-order valence-corrected chi connectivity index (χ1v) is 7.09. The molecular weight excluding hydrogens is 326 g/mol. The number of oxime groups is 1. The van der Waals surface area contributed by atoms with Crippen LogP contribution in [0.2, 0.25) is 0 Å². The Morgan fingerprint density at radius 2 is 2.16 bits per heavy atom. The average molecular weight is 338 g/mol. The lowest BCUT2D eigenvalue weighted by Gasteiger charge is -2.10. The molecule has 0 saturated heterocycles. The van der Waals surface area contributed by atoms with Gasteiger partial charge in [-0.3, -0.25) is 0 Å². The summed E-state index contributed by atoms with van der Waals surface area (Å²) >= 11 is 4.84. The van der Waals surface area contributed by atoms with E-state index in [0.29, 0.717) is 5.56 Å². The third kappa shape index (κ3) is 3.27. The van der Waals surface area contributed by atoms with Crippen LogP contribution in [0.3, 0.4) is 0 Å². The van der Waals surface area contributed by atoms with Crippen molar-refractivity contribution in [2.45, 2.75) is 16.8 Å². The van der Waals surface area contributed by atoms with E-state index in [1.54, 1.807) is 6.20 Å². The Morgan fingerprint density at radius 1 is 1.37 bits per heavy atom. The van der Waals surface area contributed by atoms with Crippen molar-refractivity contribution in [3.8, 4) is 0 Å². The summed E-state index contributed by atoms with van der Waals surface area (Å²) in [5.41, 5.74) is 7.46. The molecule has 0 aliphatic carbocycles. The molecule has 0 radical (unpaired) electrons. The van der Waals surface area contributed by atoms with E-state index in [1.807, 2.05) is 37.3 Å². The number of hydrogen-bond donors (Lipinski definition) is 2. The SMILES string of the molecule is Cc1cccc(/C(N)=N/O)c1Sc1ccc(Br)cn1. The summed E-state index contributed by atoms with van der Waals surface area (Å²) in [4.78, 5) is 5.25. The second-order valence-electron chi connectivity index (χ2n) is 3.85. The van der Waals surface area contributed by atoms with Gasteiger partial charge in [-0.2, -0.15) is 0 Å². The number of pyridine rings is 1. The second kappa shape index (κ2) is 6.08. The third-order valence-electron chi connectivity index (χ3n) is 2.50. The summed E-state index contributed by atoms with van der Waals surface area (Å²) in [6, 6.07) is 9.52. The molecule has 0 atom stereocenters. The fourth-order valence-electron chi connectivity index (χ4n) is 1.57. The molecule has 2 aromatic rings. The lowest BCUT2D eigenvalue weighted by atomic mass is 10.1. The maximum Gasteiger partial charge on any atom is 0.171 e. The largest absolute Gasteiger partial charge is 0.409 e. The van der Waals surface area contributed by atoms with Gasteiger partial charge in [-0.1, -0.05) is 29.1 Å². The molecule has 1 aromatic heterocycles. The third-order valence-corrected chi connectivity index (χ3v) is 4.17. The number of aromatic nitrogens is 1. The highest BCUT2D eigenvalue weighted by Gasteiger charge is 2.11. The van der Waals surface area contributed by atoms with E-state index in [1.165, 1.54) is 11.8 Å². The summed E-state index contributed by atoms with van der Waals surface area (Å²) in [5, 5.41) is 12.8. The molecular formula is C13H12BrN3OS. The molecule has 98 valence electrons. The number of hydrogen-bond acceptors (Lipinski definition) is 4. The maximum absolute atomic E-state index is 8.84. The topological polar surface area (TPSA) is 71.5 Å². The lowest BCUT2D eigenvalue weighted by molar-refractivity contribution is 0.318. The first-order valence-electron chi connectivity index (χ1n) is 5.48. The highest BCUT2D eigenvalue weighted by atomic mass is 79.9. The zero-order chi connectivity index (χ0) is 13.8. The van der Waals surface area contributed by atoms with Gasteiger partial charge in [0.2, 0.25) is 0 Å². The monoisotopic (exact) mass is 337 g/mol. The molecule has 0 saturated carbocycles. The Hall–Kier alpha value is -1.53. The van der Waals surface area contributed by atoms with E-state index in [4.69, 9.17) is 10.9 Å². The highest BCUT2D eigenvalue weighted by molar-refractivity contribution is 9.10. The van der Waals surface area contributed by atoms with Crippen LogP contribution in [-0.4, -0.2) is 16.0 Å². The first kappa shape index (κ1) is 13.9. The zero-order valence-corrected chi connectivity index (χ0v) is 12.6. The normalized spacial score (nSPS) is 11.6. The van der Waals surface area contributed by atoms with E-state index < -0.39 is 0 Å². The van der Waals surface area contributed by atoms with Crippen molar-refractivity contribution in [2.24, 2.45) is 10.9 Å². The van der Waals surface area contributed by atoms with Gasteiger partial charge in [-0.15, -0.1) is 0 Å². The van der Waals surface area contributed by atoms with Crippen LogP contribution in [-0.2, 0) is 0 Å². The van der Waals surface area contributed by atoms with E-state index >= 15 is 0 Å². The number of nitrogens with zero attached hydrogens (tertiary/aromatic N) is 2. The fourth-order valence-corrected chi connectivity index (χ4v) is 2.77. The van der Waals surface area contributed by atoms with Crippen LogP contribution in [0.1, 0.15) is 11.1 Å². The molecule has 0 unspecified atom stereocenters. The van der Waals surface area contributed by atoms with Gasteiger partial charge in [0.05, 0.1) is 0 Å². The smallest absolute Gasteiger partial charge is 0.171 e. The van der Waals surface area contributed by atoms with E-state index in [9.17, 15) is 0 Å². The molecule has 0 fully saturated rings. The van der Waals surface area contributed by atoms with Crippen LogP contribution < -0.4 is 5.73 Å². The summed E-state index contributed by atoms with van der Waals surface area (Å²) in [6.45, 7) is 1.98. The molecule has 0 aliphatic rings. The van der Waals surface area contributed by atoms with Gasteiger partial charge in [-0.05, 0) is 46.6 Å². The summed E-state index contributed by atoms with van der Waals surface area (Å²) in [6.07, 6.45) is 1.74. The van der Waals surface area contributed by atoms with Gasteiger partial charge in [0.1, 0.15) is 5.03 Å². The van der Waals surface area contributed by atoms with Gasteiger partial charge >= 0.3 is 0 Å². The van der Waals surface area contributed by atoms with Crippen LogP contribution >= 0.6 is 27.7 Å². The predicted molar refractivity (Wildman–Crippen MR) is 79.7 cm³/mol. The van der Waals surface area contributed by atoms with Crippen molar-refractivity contribution in [3.63, 3.8) is 0 Å². The maximum atomic E-state index is 8.84. The quantitative estimate of drug-likeness (QED) is 0.389. The Labute approximate surface area is 123 Å². The number of halogens is 1. The number of aryl methyl sites for hydroxylation is 1. The molecule has 1 heterocycles. The van der Waals surface area contributed by atoms with Crippen LogP contribution in [0.4, 0.5) is 0 Å². The molecule has 0 spiro atoms. The number of benzene rings is 1. The van der Waals surface area contributed by atoms with Gasteiger partial charge < -0.3 is 10.9 Å². The molecule has 2 rings (SSSR count). The van der Waals surface area contributed by atoms with Crippen molar-refractivity contribution in [3.05, 3.63) is 52.1 Å². The zero-order valence-electron chi connectivity index (χ0n) is 10.2. The van der Waals surface area contributed by atoms with Crippen molar-refractivity contribution in [2.75, 3.05) is 0 Å². The first-order chi connectivity index (χ1) is 9.11. The fraction of sp³-hybridized carbons (Fsp3) is 0.0769. The van der Waals surface area contributed by atoms with Crippen LogP contribution in [0.15, 0.2) is 56.1 Å². The van der Waals surface area contributed by atoms with Crippen molar-refractivity contribution in [1.82, 2.24) is 4.98 Å². The van der Waals surface area contributed by atoms with Crippen molar-refractivity contribution < 1.29 is 5.21 Å². The Bertz CT molecular complexity index is 614. The van der Waals surface area contributed by atoms with Crippen LogP contribution in [0, 0.1) is 6.92 Å². The molecule has 1 aromatic carbocycles. The average Bonchev–Trinajstić information content (AvgIpc) is 2.42. The number of amidine groups is 1. The lowest BCUT2D eigenvalue weighted by Crippen LogP contribution is -2.14. The Balaban J connectivity index is 2.41. The minimum absolute atomic E-state index is 0.100. The van der Waals surface area contributed by atoms with E-state index in [-0.39, 0.29) is 5.84 Å². The molecule has 6 heteroatoms. The summed E-state index contributed by atoms with van der Waals surface area (Å²) < 4.78 is 0.929. The Kier molecular flexibility index (Phi) is 4.44. The summed E-state index contributed by atoms with van der Waals surface area (Å²) in [7, 11) is 0. The van der Waals surface area contributed by atoms with Gasteiger partial charge in [0, 0.05) is 21.1 Å².